The summed E-state index contributed by atoms with van der Waals surface area (Å²) in [5.74, 6) is -0.952. The van der Waals surface area contributed by atoms with Gasteiger partial charge in [-0.3, -0.25) is 9.59 Å². The molecule has 1 amide bonds. The predicted molar refractivity (Wildman–Crippen MR) is 73.8 cm³/mol. The average Bonchev–Trinajstić information content (AvgIpc) is 2.85. The largest absolute Gasteiger partial charge is 0.481 e. The minimum absolute atomic E-state index is 0.0821. The van der Waals surface area contributed by atoms with Gasteiger partial charge in [-0.15, -0.1) is 0 Å². The molecular weight excluding hydrogens is 282 g/mol. The summed E-state index contributed by atoms with van der Waals surface area (Å²) in [6.45, 7) is 2.85. The van der Waals surface area contributed by atoms with E-state index < -0.39 is 11.4 Å². The lowest BCUT2D eigenvalue weighted by molar-refractivity contribution is -0.152. The number of carboxylic acid groups (broad SMARTS) is 1. The number of aliphatic carboxylic acids is 1. The van der Waals surface area contributed by atoms with E-state index >= 15 is 0 Å². The highest BCUT2D eigenvalue weighted by Gasteiger charge is 2.41. The molecule has 0 aromatic carbocycles. The van der Waals surface area contributed by atoms with Gasteiger partial charge >= 0.3 is 5.97 Å². The number of nitrogens with zero attached hydrogens (tertiary/aromatic N) is 1. The van der Waals surface area contributed by atoms with Crippen LogP contribution in [-0.4, -0.2) is 35.0 Å². The summed E-state index contributed by atoms with van der Waals surface area (Å²) in [5.41, 5.74) is -0.351. The Morgan fingerprint density at radius 2 is 2.10 bits per heavy atom. The van der Waals surface area contributed by atoms with Crippen molar-refractivity contribution < 1.29 is 19.1 Å². The number of rotatable bonds is 4. The highest BCUT2D eigenvalue weighted by Crippen LogP contribution is 2.37. The molecular formula is C14H18ClNO4. The van der Waals surface area contributed by atoms with Gasteiger partial charge in [0.2, 0.25) is 5.22 Å². The summed E-state index contributed by atoms with van der Waals surface area (Å²) in [4.78, 5) is 25.4. The van der Waals surface area contributed by atoms with Crippen molar-refractivity contribution in [1.82, 2.24) is 4.90 Å². The lowest BCUT2D eigenvalue weighted by Gasteiger charge is -2.38. The van der Waals surface area contributed by atoms with Crippen LogP contribution in [0.5, 0.6) is 0 Å². The van der Waals surface area contributed by atoms with E-state index in [2.05, 4.69) is 0 Å². The zero-order valence-corrected chi connectivity index (χ0v) is 12.2. The molecule has 1 N–H and O–H groups in total. The molecule has 110 valence electrons. The van der Waals surface area contributed by atoms with Crippen LogP contribution in [0.3, 0.4) is 0 Å². The molecule has 0 saturated carbocycles. The molecule has 0 bridgehead atoms. The zero-order chi connectivity index (χ0) is 14.8. The summed E-state index contributed by atoms with van der Waals surface area (Å²) in [5, 5.41) is 9.52. The second kappa shape index (κ2) is 5.87. The minimum Gasteiger partial charge on any atom is -0.481 e. The van der Waals surface area contributed by atoms with E-state index in [0.717, 1.165) is 6.42 Å². The van der Waals surface area contributed by atoms with Crippen LogP contribution in [0.2, 0.25) is 5.22 Å². The van der Waals surface area contributed by atoms with Crippen molar-refractivity contribution in [2.75, 3.05) is 13.1 Å². The number of carbonyl (C=O) groups excluding carboxylic acids is 1. The highest BCUT2D eigenvalue weighted by atomic mass is 35.5. The van der Waals surface area contributed by atoms with Gasteiger partial charge in [0, 0.05) is 13.1 Å². The molecule has 6 heteroatoms. The summed E-state index contributed by atoms with van der Waals surface area (Å²) in [6, 6.07) is 1.54. The first-order chi connectivity index (χ1) is 9.50. The van der Waals surface area contributed by atoms with Crippen molar-refractivity contribution in [3.8, 4) is 0 Å². The topological polar surface area (TPSA) is 70.8 Å². The first kappa shape index (κ1) is 14.9. The van der Waals surface area contributed by atoms with Crippen LogP contribution in [0.4, 0.5) is 0 Å². The fourth-order valence-electron chi connectivity index (χ4n) is 2.80. The SMILES string of the molecule is CCCC1(C(=O)O)CCN(C(=O)c2ccoc2Cl)CC1. The number of carbonyl (C=O) groups is 2. The number of furan rings is 1. The van der Waals surface area contributed by atoms with Crippen molar-refractivity contribution >= 4 is 23.5 Å². The van der Waals surface area contributed by atoms with Gasteiger partial charge in [-0.25, -0.2) is 0 Å². The van der Waals surface area contributed by atoms with Crippen LogP contribution in [0.1, 0.15) is 43.0 Å². The third-order valence-corrected chi connectivity index (χ3v) is 4.33. The Morgan fingerprint density at radius 3 is 2.55 bits per heavy atom. The van der Waals surface area contributed by atoms with Crippen LogP contribution >= 0.6 is 11.6 Å². The Kier molecular flexibility index (Phi) is 4.38. The Balaban J connectivity index is 2.05. The Hall–Kier alpha value is -1.49. The van der Waals surface area contributed by atoms with Gasteiger partial charge in [-0.2, -0.15) is 0 Å². The number of hydrogen-bond acceptors (Lipinski definition) is 3. The second-order valence-electron chi connectivity index (χ2n) is 5.24. The van der Waals surface area contributed by atoms with Gasteiger partial charge in [-0.05, 0) is 36.9 Å². The van der Waals surface area contributed by atoms with E-state index in [1.165, 1.54) is 12.3 Å². The van der Waals surface area contributed by atoms with E-state index in [9.17, 15) is 14.7 Å². The Labute approximate surface area is 122 Å². The van der Waals surface area contributed by atoms with Crippen molar-refractivity contribution in [3.63, 3.8) is 0 Å². The highest BCUT2D eigenvalue weighted by molar-refractivity contribution is 6.32. The first-order valence-corrected chi connectivity index (χ1v) is 7.13. The molecule has 0 aliphatic carbocycles. The maximum absolute atomic E-state index is 12.3. The van der Waals surface area contributed by atoms with Crippen LogP contribution in [0.25, 0.3) is 0 Å². The minimum atomic E-state index is -0.757. The van der Waals surface area contributed by atoms with E-state index in [1.807, 2.05) is 6.92 Å². The normalized spacial score (nSPS) is 18.0. The molecule has 1 aliphatic heterocycles. The van der Waals surface area contributed by atoms with Crippen LogP contribution in [0.15, 0.2) is 16.7 Å². The summed E-state index contributed by atoms with van der Waals surface area (Å²) < 4.78 is 4.92. The molecule has 0 spiro atoms. The van der Waals surface area contributed by atoms with Gasteiger partial charge in [0.1, 0.15) is 0 Å². The maximum atomic E-state index is 12.3. The summed E-state index contributed by atoms with van der Waals surface area (Å²) >= 11 is 5.80. The molecule has 1 saturated heterocycles. The number of likely N-dealkylation sites (tertiary alicyclic amines) is 1. The van der Waals surface area contributed by atoms with Crippen molar-refractivity contribution in [1.29, 1.82) is 0 Å². The molecule has 0 atom stereocenters. The molecule has 20 heavy (non-hydrogen) atoms. The van der Waals surface area contributed by atoms with Gasteiger partial charge in [-0.1, -0.05) is 13.3 Å². The summed E-state index contributed by atoms with van der Waals surface area (Å²) in [7, 11) is 0. The molecule has 0 radical (unpaired) electrons. The first-order valence-electron chi connectivity index (χ1n) is 6.76. The van der Waals surface area contributed by atoms with E-state index in [4.69, 9.17) is 16.0 Å². The lowest BCUT2D eigenvalue weighted by atomic mass is 9.75. The van der Waals surface area contributed by atoms with Crippen molar-refractivity contribution in [3.05, 3.63) is 23.1 Å². The van der Waals surface area contributed by atoms with Crippen LogP contribution in [0, 0.1) is 5.41 Å². The van der Waals surface area contributed by atoms with E-state index in [0.29, 0.717) is 37.9 Å². The molecule has 2 heterocycles. The third-order valence-electron chi connectivity index (χ3n) is 4.04. The van der Waals surface area contributed by atoms with Crippen molar-refractivity contribution in [2.45, 2.75) is 32.6 Å². The molecule has 1 aromatic rings. The van der Waals surface area contributed by atoms with Gasteiger partial charge in [0.25, 0.3) is 5.91 Å². The predicted octanol–water partition coefficient (Wildman–Crippen LogP) is 3.04. The number of amides is 1. The van der Waals surface area contributed by atoms with Gasteiger partial charge < -0.3 is 14.4 Å². The zero-order valence-electron chi connectivity index (χ0n) is 11.4. The monoisotopic (exact) mass is 299 g/mol. The number of hydrogen-bond donors (Lipinski definition) is 1. The number of carboxylic acids is 1. The summed E-state index contributed by atoms with van der Waals surface area (Å²) in [6.07, 6.45) is 3.82. The Morgan fingerprint density at radius 1 is 1.45 bits per heavy atom. The molecule has 1 aromatic heterocycles. The number of halogens is 1. The van der Waals surface area contributed by atoms with E-state index in [1.54, 1.807) is 4.90 Å². The van der Waals surface area contributed by atoms with E-state index in [-0.39, 0.29) is 11.1 Å². The van der Waals surface area contributed by atoms with Crippen LogP contribution in [-0.2, 0) is 4.79 Å². The Bertz CT molecular complexity index is 503. The third kappa shape index (κ3) is 2.68. The van der Waals surface area contributed by atoms with Crippen molar-refractivity contribution in [2.24, 2.45) is 5.41 Å². The molecule has 0 unspecified atom stereocenters. The quantitative estimate of drug-likeness (QED) is 0.927. The molecule has 5 nitrogen and oxygen atoms in total. The molecule has 2 rings (SSSR count). The average molecular weight is 300 g/mol. The lowest BCUT2D eigenvalue weighted by Crippen LogP contribution is -2.46. The number of piperidine rings is 1. The second-order valence-corrected chi connectivity index (χ2v) is 5.58. The fraction of sp³-hybridized carbons (Fsp3) is 0.571. The molecule has 1 aliphatic rings. The standard InChI is InChI=1S/C14H18ClNO4/c1-2-4-14(13(18)19)5-7-16(8-6-14)12(17)10-3-9-20-11(10)15/h3,9H,2,4-8H2,1H3,(H,18,19). The maximum Gasteiger partial charge on any atom is 0.309 e. The fourth-order valence-corrected chi connectivity index (χ4v) is 3.00. The smallest absolute Gasteiger partial charge is 0.309 e. The van der Waals surface area contributed by atoms with Gasteiger partial charge in [0.15, 0.2) is 0 Å². The molecule has 1 fully saturated rings. The van der Waals surface area contributed by atoms with Gasteiger partial charge in [0.05, 0.1) is 17.2 Å². The van der Waals surface area contributed by atoms with Crippen LogP contribution < -0.4 is 0 Å².